The van der Waals surface area contributed by atoms with E-state index >= 15 is 0 Å². The van der Waals surface area contributed by atoms with E-state index in [9.17, 15) is 4.39 Å². The van der Waals surface area contributed by atoms with E-state index in [1.807, 2.05) is 0 Å². The molecule has 0 spiro atoms. The van der Waals surface area contributed by atoms with Crippen LogP contribution >= 0.6 is 11.6 Å². The summed E-state index contributed by atoms with van der Waals surface area (Å²) in [4.78, 5) is 0. The molecule has 0 N–H and O–H groups in total. The minimum Gasteiger partial charge on any atom is -0.493 e. The van der Waals surface area contributed by atoms with Gasteiger partial charge in [-0.2, -0.15) is 0 Å². The van der Waals surface area contributed by atoms with Crippen LogP contribution in [0.2, 0.25) is 0 Å². The predicted octanol–water partition coefficient (Wildman–Crippen LogP) is 4.52. The lowest BCUT2D eigenvalue weighted by molar-refractivity contribution is 0.207. The smallest absolute Gasteiger partial charge is 0.123 e. The van der Waals surface area contributed by atoms with Crippen molar-refractivity contribution in [1.82, 2.24) is 0 Å². The maximum absolute atomic E-state index is 13.0. The highest BCUT2D eigenvalue weighted by molar-refractivity contribution is 6.17. The Labute approximate surface area is 107 Å². The third-order valence-electron chi connectivity index (χ3n) is 3.37. The van der Waals surface area contributed by atoms with Gasteiger partial charge in [0.15, 0.2) is 0 Å². The molecule has 1 aliphatic carbocycles. The molecule has 1 aromatic rings. The molecule has 2 rings (SSSR count). The monoisotopic (exact) mass is 256 g/mol. The first kappa shape index (κ1) is 12.7. The number of hydrogen-bond acceptors (Lipinski definition) is 1. The summed E-state index contributed by atoms with van der Waals surface area (Å²) < 4.78 is 18.8. The summed E-state index contributed by atoms with van der Waals surface area (Å²) in [5.41, 5.74) is 0.738. The van der Waals surface area contributed by atoms with Crippen molar-refractivity contribution in [3.05, 3.63) is 29.6 Å². The molecule has 1 fully saturated rings. The van der Waals surface area contributed by atoms with E-state index in [1.54, 1.807) is 6.07 Å². The lowest BCUT2D eigenvalue weighted by atomic mass is 9.90. The Hall–Kier alpha value is -0.760. The van der Waals surface area contributed by atoms with E-state index in [0.717, 1.165) is 17.9 Å². The summed E-state index contributed by atoms with van der Waals surface area (Å²) in [7, 11) is 0. The summed E-state index contributed by atoms with van der Waals surface area (Å²) in [6.07, 6.45) is 6.45. The molecular formula is C14H18ClFO. The van der Waals surface area contributed by atoms with Crippen LogP contribution in [-0.4, -0.2) is 6.61 Å². The molecule has 3 heteroatoms. The van der Waals surface area contributed by atoms with Gasteiger partial charge in [-0.3, -0.25) is 0 Å². The van der Waals surface area contributed by atoms with Gasteiger partial charge in [-0.1, -0.05) is 19.3 Å². The highest BCUT2D eigenvalue weighted by Crippen LogP contribution is 2.26. The zero-order chi connectivity index (χ0) is 12.1. The highest BCUT2D eigenvalue weighted by Gasteiger charge is 2.14. The maximum Gasteiger partial charge on any atom is 0.123 e. The largest absolute Gasteiger partial charge is 0.493 e. The van der Waals surface area contributed by atoms with Crippen molar-refractivity contribution in [3.63, 3.8) is 0 Å². The average Bonchev–Trinajstić information content (AvgIpc) is 2.38. The van der Waals surface area contributed by atoms with Crippen LogP contribution in [0.1, 0.15) is 37.7 Å². The van der Waals surface area contributed by atoms with Gasteiger partial charge < -0.3 is 4.74 Å². The molecular weight excluding hydrogens is 239 g/mol. The normalized spacial score (nSPS) is 17.1. The number of rotatable bonds is 4. The zero-order valence-electron chi connectivity index (χ0n) is 9.92. The van der Waals surface area contributed by atoms with Crippen molar-refractivity contribution in [2.24, 2.45) is 5.92 Å². The molecule has 1 aromatic carbocycles. The lowest BCUT2D eigenvalue weighted by Crippen LogP contribution is -2.15. The first-order chi connectivity index (χ1) is 8.29. The first-order valence-electron chi connectivity index (χ1n) is 6.27. The number of alkyl halides is 1. The zero-order valence-corrected chi connectivity index (χ0v) is 10.7. The minimum absolute atomic E-state index is 0.259. The molecule has 0 aromatic heterocycles. The Morgan fingerprint density at radius 1 is 1.24 bits per heavy atom. The standard InChI is InChI=1S/C14H18ClFO/c15-9-12-8-13(16)6-7-14(12)17-10-11-4-2-1-3-5-11/h6-8,11H,1-5,9-10H2. The van der Waals surface area contributed by atoms with Crippen molar-refractivity contribution in [3.8, 4) is 5.75 Å². The van der Waals surface area contributed by atoms with Crippen LogP contribution in [0.5, 0.6) is 5.75 Å². The van der Waals surface area contributed by atoms with E-state index in [0.29, 0.717) is 5.92 Å². The second kappa shape index (κ2) is 6.25. The Morgan fingerprint density at radius 3 is 2.71 bits per heavy atom. The highest BCUT2D eigenvalue weighted by atomic mass is 35.5. The predicted molar refractivity (Wildman–Crippen MR) is 68.0 cm³/mol. The quantitative estimate of drug-likeness (QED) is 0.720. The molecule has 0 bridgehead atoms. The topological polar surface area (TPSA) is 9.23 Å². The summed E-state index contributed by atoms with van der Waals surface area (Å²) in [6, 6.07) is 4.55. The number of halogens is 2. The molecule has 0 aliphatic heterocycles. The van der Waals surface area contributed by atoms with E-state index in [1.165, 1.54) is 44.2 Å². The van der Waals surface area contributed by atoms with E-state index < -0.39 is 0 Å². The average molecular weight is 257 g/mol. The molecule has 1 saturated carbocycles. The maximum atomic E-state index is 13.0. The van der Waals surface area contributed by atoms with Gasteiger partial charge in [0.25, 0.3) is 0 Å². The van der Waals surface area contributed by atoms with Crippen molar-refractivity contribution in [1.29, 1.82) is 0 Å². The number of ether oxygens (including phenoxy) is 1. The second-order valence-corrected chi connectivity index (χ2v) is 4.97. The fourth-order valence-corrected chi connectivity index (χ4v) is 2.56. The molecule has 0 heterocycles. The Bertz CT molecular complexity index is 361. The van der Waals surface area contributed by atoms with Gasteiger partial charge in [-0.05, 0) is 37.0 Å². The van der Waals surface area contributed by atoms with Crippen molar-refractivity contribution in [2.45, 2.75) is 38.0 Å². The van der Waals surface area contributed by atoms with Crippen LogP contribution in [0.25, 0.3) is 0 Å². The number of hydrogen-bond donors (Lipinski definition) is 0. The van der Waals surface area contributed by atoms with E-state index in [4.69, 9.17) is 16.3 Å². The summed E-state index contributed by atoms with van der Waals surface area (Å²) in [6.45, 7) is 0.732. The molecule has 17 heavy (non-hydrogen) atoms. The minimum atomic E-state index is -0.259. The third kappa shape index (κ3) is 3.60. The fourth-order valence-electron chi connectivity index (χ4n) is 2.35. The van der Waals surface area contributed by atoms with Gasteiger partial charge >= 0.3 is 0 Å². The van der Waals surface area contributed by atoms with Crippen LogP contribution < -0.4 is 4.74 Å². The van der Waals surface area contributed by atoms with Gasteiger partial charge in [0, 0.05) is 5.56 Å². The molecule has 0 amide bonds. The van der Waals surface area contributed by atoms with Crippen LogP contribution in [-0.2, 0) is 5.88 Å². The third-order valence-corrected chi connectivity index (χ3v) is 3.65. The number of benzene rings is 1. The lowest BCUT2D eigenvalue weighted by Gasteiger charge is -2.22. The molecule has 1 aliphatic rings. The van der Waals surface area contributed by atoms with Gasteiger partial charge in [-0.15, -0.1) is 11.6 Å². The van der Waals surface area contributed by atoms with Crippen LogP contribution in [0, 0.1) is 11.7 Å². The van der Waals surface area contributed by atoms with Gasteiger partial charge in [-0.25, -0.2) is 4.39 Å². The Balaban J connectivity index is 1.93. The summed E-state index contributed by atoms with van der Waals surface area (Å²) >= 11 is 5.78. The van der Waals surface area contributed by atoms with Crippen LogP contribution in [0.15, 0.2) is 18.2 Å². The summed E-state index contributed by atoms with van der Waals surface area (Å²) in [5, 5.41) is 0. The molecule has 0 radical (unpaired) electrons. The van der Waals surface area contributed by atoms with E-state index in [2.05, 4.69) is 0 Å². The summed E-state index contributed by atoms with van der Waals surface area (Å²) in [5.74, 6) is 1.41. The van der Waals surface area contributed by atoms with Gasteiger partial charge in [0.1, 0.15) is 11.6 Å². The van der Waals surface area contributed by atoms with Gasteiger partial charge in [0.05, 0.1) is 12.5 Å². The molecule has 0 saturated heterocycles. The molecule has 0 unspecified atom stereocenters. The van der Waals surface area contributed by atoms with Gasteiger partial charge in [0.2, 0.25) is 0 Å². The van der Waals surface area contributed by atoms with Crippen molar-refractivity contribution >= 4 is 11.6 Å². The molecule has 0 atom stereocenters. The molecule has 1 nitrogen and oxygen atoms in total. The van der Waals surface area contributed by atoms with Crippen molar-refractivity contribution in [2.75, 3.05) is 6.61 Å². The Kier molecular flexibility index (Phi) is 4.66. The van der Waals surface area contributed by atoms with Crippen LogP contribution in [0.3, 0.4) is 0 Å². The fraction of sp³-hybridized carbons (Fsp3) is 0.571. The molecule has 94 valence electrons. The first-order valence-corrected chi connectivity index (χ1v) is 6.80. The Morgan fingerprint density at radius 2 is 2.00 bits per heavy atom. The SMILES string of the molecule is Fc1ccc(OCC2CCCCC2)c(CCl)c1. The second-order valence-electron chi connectivity index (χ2n) is 4.70. The van der Waals surface area contributed by atoms with Crippen LogP contribution in [0.4, 0.5) is 4.39 Å². The van der Waals surface area contributed by atoms with Crippen molar-refractivity contribution < 1.29 is 9.13 Å². The van der Waals surface area contributed by atoms with E-state index in [-0.39, 0.29) is 11.7 Å².